The molecule has 0 aliphatic rings. The first-order valence-corrected chi connectivity index (χ1v) is 7.04. The number of benzene rings is 2. The number of rotatable bonds is 4. The van der Waals surface area contributed by atoms with Crippen LogP contribution in [0.5, 0.6) is 11.5 Å². The van der Waals surface area contributed by atoms with Crippen molar-refractivity contribution in [2.24, 2.45) is 0 Å². The zero-order chi connectivity index (χ0) is 14.7. The molecule has 0 bridgehead atoms. The fourth-order valence-corrected chi connectivity index (χ4v) is 2.36. The Kier molecular flexibility index (Phi) is 3.84. The number of ether oxygens (including phenoxy) is 1. The molecule has 1 N–H and O–H groups in total. The van der Waals surface area contributed by atoms with Crippen LogP contribution in [0.2, 0.25) is 0 Å². The van der Waals surface area contributed by atoms with E-state index in [1.165, 1.54) is 5.56 Å². The van der Waals surface area contributed by atoms with Crippen LogP contribution in [0.15, 0.2) is 54.6 Å². The van der Waals surface area contributed by atoms with E-state index in [-0.39, 0.29) is 0 Å². The molecule has 3 rings (SSSR count). The maximum absolute atomic E-state index is 6.09. The lowest BCUT2D eigenvalue weighted by molar-refractivity contribution is 0.486. The number of hydrogen-bond donors (Lipinski definition) is 1. The van der Waals surface area contributed by atoms with Gasteiger partial charge in [-0.2, -0.15) is 0 Å². The molecule has 0 saturated heterocycles. The second-order valence-electron chi connectivity index (χ2n) is 5.08. The first-order chi connectivity index (χ1) is 10.3. The van der Waals surface area contributed by atoms with Gasteiger partial charge in [-0.25, -0.2) is 0 Å². The van der Waals surface area contributed by atoms with Crippen molar-refractivity contribution in [1.82, 2.24) is 10.3 Å². The Balaban J connectivity index is 2.07. The van der Waals surface area contributed by atoms with E-state index >= 15 is 0 Å². The van der Waals surface area contributed by atoms with Gasteiger partial charge in [-0.1, -0.05) is 24.3 Å². The van der Waals surface area contributed by atoms with Crippen LogP contribution < -0.4 is 10.1 Å². The number of para-hydroxylation sites is 1. The van der Waals surface area contributed by atoms with E-state index in [0.717, 1.165) is 34.6 Å². The van der Waals surface area contributed by atoms with Crippen molar-refractivity contribution in [3.05, 3.63) is 65.9 Å². The third kappa shape index (κ3) is 3.03. The molecule has 0 amide bonds. The molecule has 1 aromatic heterocycles. The maximum Gasteiger partial charge on any atom is 0.138 e. The average Bonchev–Trinajstić information content (AvgIpc) is 2.48. The minimum Gasteiger partial charge on any atom is -0.457 e. The second kappa shape index (κ2) is 5.94. The monoisotopic (exact) mass is 278 g/mol. The molecule has 0 unspecified atom stereocenters. The van der Waals surface area contributed by atoms with E-state index in [4.69, 9.17) is 4.74 Å². The molecule has 0 aliphatic heterocycles. The van der Waals surface area contributed by atoms with E-state index in [1.54, 1.807) is 0 Å². The van der Waals surface area contributed by atoms with Gasteiger partial charge in [0.15, 0.2) is 0 Å². The van der Waals surface area contributed by atoms with Gasteiger partial charge in [0.05, 0.1) is 11.2 Å². The van der Waals surface area contributed by atoms with Crippen LogP contribution in [0.3, 0.4) is 0 Å². The maximum atomic E-state index is 6.09. The normalized spacial score (nSPS) is 10.8. The van der Waals surface area contributed by atoms with Crippen molar-refractivity contribution in [3.8, 4) is 11.5 Å². The van der Waals surface area contributed by atoms with Gasteiger partial charge in [-0.15, -0.1) is 0 Å². The van der Waals surface area contributed by atoms with E-state index in [2.05, 4.69) is 23.3 Å². The molecule has 21 heavy (non-hydrogen) atoms. The topological polar surface area (TPSA) is 34.1 Å². The second-order valence-corrected chi connectivity index (χ2v) is 5.08. The van der Waals surface area contributed by atoms with E-state index in [9.17, 15) is 0 Å². The highest BCUT2D eigenvalue weighted by molar-refractivity contribution is 5.85. The number of aromatic nitrogens is 1. The summed E-state index contributed by atoms with van der Waals surface area (Å²) in [6, 6.07) is 18.1. The smallest absolute Gasteiger partial charge is 0.138 e. The molecule has 2 aromatic carbocycles. The summed E-state index contributed by atoms with van der Waals surface area (Å²) in [5.74, 6) is 1.69. The minimum atomic E-state index is 0.717. The third-order valence-electron chi connectivity index (χ3n) is 3.31. The number of nitrogens with one attached hydrogen (secondary N) is 1. The summed E-state index contributed by atoms with van der Waals surface area (Å²) in [7, 11) is 1.91. The predicted octanol–water partition coefficient (Wildman–Crippen LogP) is 4.05. The van der Waals surface area contributed by atoms with Gasteiger partial charge < -0.3 is 10.1 Å². The summed E-state index contributed by atoms with van der Waals surface area (Å²) in [6.45, 7) is 2.78. The van der Waals surface area contributed by atoms with Gasteiger partial charge in [0, 0.05) is 18.0 Å². The average molecular weight is 278 g/mol. The SMILES string of the molecule is CNCc1cc(Oc2cccc(C)c2)c2ccccc2n1. The molecule has 1 heterocycles. The zero-order valence-electron chi connectivity index (χ0n) is 12.3. The molecule has 0 spiro atoms. The molecule has 106 valence electrons. The van der Waals surface area contributed by atoms with Crippen LogP contribution >= 0.6 is 0 Å². The predicted molar refractivity (Wildman–Crippen MR) is 85.8 cm³/mol. The Bertz CT molecular complexity index is 768. The summed E-state index contributed by atoms with van der Waals surface area (Å²) in [6.07, 6.45) is 0. The van der Waals surface area contributed by atoms with Crippen molar-refractivity contribution in [2.75, 3.05) is 7.05 Å². The molecule has 0 fully saturated rings. The van der Waals surface area contributed by atoms with Gasteiger partial charge in [-0.3, -0.25) is 4.98 Å². The Morgan fingerprint density at radius 3 is 2.71 bits per heavy atom. The van der Waals surface area contributed by atoms with Crippen LogP contribution in [-0.2, 0) is 6.54 Å². The molecule has 0 atom stereocenters. The Morgan fingerprint density at radius 2 is 1.90 bits per heavy atom. The number of hydrogen-bond acceptors (Lipinski definition) is 3. The van der Waals surface area contributed by atoms with Gasteiger partial charge >= 0.3 is 0 Å². The van der Waals surface area contributed by atoms with Crippen LogP contribution in [0, 0.1) is 6.92 Å². The van der Waals surface area contributed by atoms with Gasteiger partial charge in [0.2, 0.25) is 0 Å². The number of aryl methyl sites for hydroxylation is 1. The number of fused-ring (bicyclic) bond motifs is 1. The standard InChI is InChI=1S/C18H18N2O/c1-13-6-5-7-15(10-13)21-18-11-14(12-19-2)20-17-9-4-3-8-16(17)18/h3-11,19H,12H2,1-2H3. The number of nitrogens with zero attached hydrogens (tertiary/aromatic N) is 1. The summed E-state index contributed by atoms with van der Waals surface area (Å²) in [5, 5.41) is 4.16. The quantitative estimate of drug-likeness (QED) is 0.781. The lowest BCUT2D eigenvalue weighted by Gasteiger charge is -2.11. The summed E-state index contributed by atoms with van der Waals surface area (Å²) in [4.78, 5) is 4.64. The summed E-state index contributed by atoms with van der Waals surface area (Å²) >= 11 is 0. The molecule has 0 aliphatic carbocycles. The van der Waals surface area contributed by atoms with Crippen molar-refractivity contribution in [3.63, 3.8) is 0 Å². The van der Waals surface area contributed by atoms with Gasteiger partial charge in [-0.05, 0) is 43.8 Å². The molecule has 0 radical (unpaired) electrons. The highest BCUT2D eigenvalue weighted by atomic mass is 16.5. The van der Waals surface area contributed by atoms with Crippen molar-refractivity contribution >= 4 is 10.9 Å². The molecule has 0 saturated carbocycles. The van der Waals surface area contributed by atoms with Crippen LogP contribution in [0.1, 0.15) is 11.3 Å². The lowest BCUT2D eigenvalue weighted by atomic mass is 10.1. The first kappa shape index (κ1) is 13.6. The fraction of sp³-hybridized carbons (Fsp3) is 0.167. The van der Waals surface area contributed by atoms with Crippen LogP contribution in [0.4, 0.5) is 0 Å². The van der Waals surface area contributed by atoms with E-state index < -0.39 is 0 Å². The molecular formula is C18H18N2O. The van der Waals surface area contributed by atoms with Crippen LogP contribution in [0.25, 0.3) is 10.9 Å². The summed E-state index contributed by atoms with van der Waals surface area (Å²) in [5.41, 5.74) is 3.10. The van der Waals surface area contributed by atoms with E-state index in [1.807, 2.05) is 55.6 Å². The van der Waals surface area contributed by atoms with Crippen molar-refractivity contribution < 1.29 is 4.74 Å². The van der Waals surface area contributed by atoms with Crippen LogP contribution in [-0.4, -0.2) is 12.0 Å². The highest BCUT2D eigenvalue weighted by Crippen LogP contribution is 2.30. The van der Waals surface area contributed by atoms with Crippen molar-refractivity contribution in [2.45, 2.75) is 13.5 Å². The first-order valence-electron chi connectivity index (χ1n) is 7.04. The summed E-state index contributed by atoms with van der Waals surface area (Å²) < 4.78 is 6.09. The Labute approximate surface area is 124 Å². The molecule has 3 nitrogen and oxygen atoms in total. The van der Waals surface area contributed by atoms with E-state index in [0.29, 0.717) is 0 Å². The van der Waals surface area contributed by atoms with Gasteiger partial charge in [0.25, 0.3) is 0 Å². The third-order valence-corrected chi connectivity index (χ3v) is 3.31. The number of pyridine rings is 1. The molecule has 3 heteroatoms. The van der Waals surface area contributed by atoms with Crippen molar-refractivity contribution in [1.29, 1.82) is 0 Å². The fourth-order valence-electron chi connectivity index (χ4n) is 2.36. The molecule has 3 aromatic rings. The minimum absolute atomic E-state index is 0.717. The molecular weight excluding hydrogens is 260 g/mol. The largest absolute Gasteiger partial charge is 0.457 e. The zero-order valence-corrected chi connectivity index (χ0v) is 12.3. The Morgan fingerprint density at radius 1 is 1.05 bits per heavy atom. The van der Waals surface area contributed by atoms with Gasteiger partial charge in [0.1, 0.15) is 11.5 Å². The Hall–Kier alpha value is -2.39. The highest BCUT2D eigenvalue weighted by Gasteiger charge is 2.07. The lowest BCUT2D eigenvalue weighted by Crippen LogP contribution is -2.07.